The summed E-state index contributed by atoms with van der Waals surface area (Å²) in [6, 6.07) is 9.42. The first-order valence-corrected chi connectivity index (χ1v) is 6.64. The monoisotopic (exact) mass is 288 g/mol. The van der Waals surface area contributed by atoms with Crippen molar-refractivity contribution in [3.63, 3.8) is 0 Å². The molecule has 21 heavy (non-hydrogen) atoms. The van der Waals surface area contributed by atoms with Crippen LogP contribution in [0.25, 0.3) is 10.9 Å². The highest BCUT2D eigenvalue weighted by Crippen LogP contribution is 2.22. The van der Waals surface area contributed by atoms with Gasteiger partial charge in [0.15, 0.2) is 0 Å². The number of hydrogen-bond acceptors (Lipinski definition) is 5. The van der Waals surface area contributed by atoms with E-state index in [4.69, 9.17) is 4.74 Å². The molecule has 0 radical (unpaired) electrons. The Bertz CT molecular complexity index is 637. The lowest BCUT2D eigenvalue weighted by molar-refractivity contribution is -0.154. The van der Waals surface area contributed by atoms with Crippen molar-refractivity contribution in [1.82, 2.24) is 10.3 Å². The van der Waals surface area contributed by atoms with Crippen molar-refractivity contribution in [3.05, 3.63) is 36.5 Å². The number of aromatic nitrogens is 1. The molecule has 2 aromatic rings. The van der Waals surface area contributed by atoms with Crippen molar-refractivity contribution >= 4 is 22.8 Å². The number of nitrogens with one attached hydrogen (secondary N) is 1. The standard InChI is InChI=1S/C15H16N2O4/c1-2-20-15(19)14(18)17-9-10-21-12-7-3-5-11-6-4-8-16-13(11)12/h3-8H,2,9-10H2,1H3,(H,17,18). The normalized spacial score (nSPS) is 10.1. The summed E-state index contributed by atoms with van der Waals surface area (Å²) in [5.74, 6) is -1.01. The summed E-state index contributed by atoms with van der Waals surface area (Å²) in [4.78, 5) is 26.7. The summed E-state index contributed by atoms with van der Waals surface area (Å²) in [6.45, 7) is 2.26. The summed E-state index contributed by atoms with van der Waals surface area (Å²) in [5, 5.41) is 3.40. The molecule has 1 aromatic heterocycles. The minimum Gasteiger partial charge on any atom is -0.489 e. The number of esters is 1. The molecule has 0 bridgehead atoms. The Morgan fingerprint density at radius 1 is 1.24 bits per heavy atom. The predicted molar refractivity (Wildman–Crippen MR) is 76.9 cm³/mol. The third-order valence-electron chi connectivity index (χ3n) is 2.70. The van der Waals surface area contributed by atoms with Crippen LogP contribution in [-0.4, -0.2) is 36.6 Å². The van der Waals surface area contributed by atoms with Crippen LogP contribution in [0.3, 0.4) is 0 Å². The molecular formula is C15H16N2O4. The van der Waals surface area contributed by atoms with E-state index in [1.807, 2.05) is 30.3 Å². The average molecular weight is 288 g/mol. The van der Waals surface area contributed by atoms with Crippen molar-refractivity contribution in [3.8, 4) is 5.75 Å². The molecule has 0 unspecified atom stereocenters. The van der Waals surface area contributed by atoms with E-state index >= 15 is 0 Å². The van der Waals surface area contributed by atoms with Crippen molar-refractivity contribution in [2.24, 2.45) is 0 Å². The molecule has 0 aliphatic rings. The number of fused-ring (bicyclic) bond motifs is 1. The van der Waals surface area contributed by atoms with E-state index in [0.717, 1.165) is 10.9 Å². The molecule has 0 aliphatic carbocycles. The highest BCUT2D eigenvalue weighted by atomic mass is 16.5. The summed E-state index contributed by atoms with van der Waals surface area (Å²) in [7, 11) is 0. The zero-order chi connectivity index (χ0) is 15.1. The molecule has 1 heterocycles. The maximum absolute atomic E-state index is 11.3. The fraction of sp³-hybridized carbons (Fsp3) is 0.267. The fourth-order valence-corrected chi connectivity index (χ4v) is 1.79. The molecule has 6 heteroatoms. The summed E-state index contributed by atoms with van der Waals surface area (Å²) in [6.07, 6.45) is 1.69. The second kappa shape index (κ2) is 7.23. The number of carbonyl (C=O) groups excluding carboxylic acids is 2. The van der Waals surface area contributed by atoms with Crippen LogP contribution in [0.2, 0.25) is 0 Å². The fourth-order valence-electron chi connectivity index (χ4n) is 1.79. The number of pyridine rings is 1. The van der Waals surface area contributed by atoms with Gasteiger partial charge in [-0.05, 0) is 19.1 Å². The first-order valence-electron chi connectivity index (χ1n) is 6.64. The lowest BCUT2D eigenvalue weighted by Crippen LogP contribution is -2.35. The first kappa shape index (κ1) is 14.8. The van der Waals surface area contributed by atoms with Gasteiger partial charge in [-0.25, -0.2) is 4.79 Å². The number of carbonyl (C=O) groups is 2. The summed E-state index contributed by atoms with van der Waals surface area (Å²) in [5.41, 5.74) is 0.761. The van der Waals surface area contributed by atoms with E-state index in [1.54, 1.807) is 13.1 Å². The average Bonchev–Trinajstić information content (AvgIpc) is 2.51. The number of rotatable bonds is 5. The van der Waals surface area contributed by atoms with Crippen molar-refractivity contribution in [2.45, 2.75) is 6.92 Å². The lowest BCUT2D eigenvalue weighted by atomic mass is 10.2. The highest BCUT2D eigenvalue weighted by Gasteiger charge is 2.13. The molecule has 6 nitrogen and oxygen atoms in total. The zero-order valence-electron chi connectivity index (χ0n) is 11.7. The predicted octanol–water partition coefficient (Wildman–Crippen LogP) is 1.29. The minimum atomic E-state index is -0.885. The van der Waals surface area contributed by atoms with E-state index in [-0.39, 0.29) is 19.8 Å². The molecule has 0 saturated heterocycles. The van der Waals surface area contributed by atoms with Gasteiger partial charge in [-0.15, -0.1) is 0 Å². The van der Waals surface area contributed by atoms with Crippen LogP contribution in [0.4, 0.5) is 0 Å². The third-order valence-corrected chi connectivity index (χ3v) is 2.70. The molecule has 0 fully saturated rings. The molecule has 0 aliphatic heterocycles. The van der Waals surface area contributed by atoms with Crippen LogP contribution < -0.4 is 10.1 Å². The molecule has 1 aromatic carbocycles. The van der Waals surface area contributed by atoms with Gasteiger partial charge in [0.05, 0.1) is 13.2 Å². The Balaban J connectivity index is 1.86. The Morgan fingerprint density at radius 3 is 2.86 bits per heavy atom. The Morgan fingerprint density at radius 2 is 2.05 bits per heavy atom. The van der Waals surface area contributed by atoms with Crippen LogP contribution >= 0.6 is 0 Å². The summed E-state index contributed by atoms with van der Waals surface area (Å²) < 4.78 is 10.2. The number of hydrogen-bond donors (Lipinski definition) is 1. The third kappa shape index (κ3) is 3.92. The topological polar surface area (TPSA) is 77.5 Å². The molecule has 2 rings (SSSR count). The zero-order valence-corrected chi connectivity index (χ0v) is 11.7. The number of amides is 1. The molecule has 110 valence electrons. The molecular weight excluding hydrogens is 272 g/mol. The Labute approximate surface area is 122 Å². The second-order valence-corrected chi connectivity index (χ2v) is 4.16. The number of benzene rings is 1. The van der Waals surface area contributed by atoms with Gasteiger partial charge in [0.1, 0.15) is 17.9 Å². The van der Waals surface area contributed by atoms with Crippen LogP contribution in [0, 0.1) is 0 Å². The SMILES string of the molecule is CCOC(=O)C(=O)NCCOc1cccc2cccnc12. The van der Waals surface area contributed by atoms with Crippen molar-refractivity contribution in [1.29, 1.82) is 0 Å². The number of para-hydroxylation sites is 1. The van der Waals surface area contributed by atoms with Gasteiger partial charge in [0.25, 0.3) is 0 Å². The van der Waals surface area contributed by atoms with Gasteiger partial charge in [0.2, 0.25) is 0 Å². The Hall–Kier alpha value is -2.63. The molecule has 0 spiro atoms. The first-order chi connectivity index (χ1) is 10.2. The number of nitrogens with zero attached hydrogens (tertiary/aromatic N) is 1. The highest BCUT2D eigenvalue weighted by molar-refractivity contribution is 6.32. The van der Waals surface area contributed by atoms with Gasteiger partial charge in [-0.1, -0.05) is 18.2 Å². The molecule has 1 amide bonds. The van der Waals surface area contributed by atoms with Gasteiger partial charge < -0.3 is 14.8 Å². The molecule has 0 atom stereocenters. The van der Waals surface area contributed by atoms with Gasteiger partial charge in [-0.3, -0.25) is 9.78 Å². The van der Waals surface area contributed by atoms with Gasteiger partial charge >= 0.3 is 11.9 Å². The van der Waals surface area contributed by atoms with E-state index in [0.29, 0.717) is 5.75 Å². The molecule has 1 N–H and O–H groups in total. The summed E-state index contributed by atoms with van der Waals surface area (Å²) >= 11 is 0. The minimum absolute atomic E-state index is 0.171. The smallest absolute Gasteiger partial charge is 0.396 e. The van der Waals surface area contributed by atoms with Crippen LogP contribution in [-0.2, 0) is 14.3 Å². The van der Waals surface area contributed by atoms with Crippen LogP contribution in [0.15, 0.2) is 36.5 Å². The molecule has 0 saturated carbocycles. The van der Waals surface area contributed by atoms with Crippen LogP contribution in [0.1, 0.15) is 6.92 Å². The van der Waals surface area contributed by atoms with Crippen molar-refractivity contribution < 1.29 is 19.1 Å². The number of ether oxygens (including phenoxy) is 2. The quantitative estimate of drug-likeness (QED) is 0.509. The van der Waals surface area contributed by atoms with E-state index in [9.17, 15) is 9.59 Å². The maximum atomic E-state index is 11.3. The van der Waals surface area contributed by atoms with Gasteiger partial charge in [-0.2, -0.15) is 0 Å². The van der Waals surface area contributed by atoms with E-state index in [2.05, 4.69) is 15.0 Å². The largest absolute Gasteiger partial charge is 0.489 e. The van der Waals surface area contributed by atoms with Crippen LogP contribution in [0.5, 0.6) is 5.75 Å². The van der Waals surface area contributed by atoms with E-state index < -0.39 is 11.9 Å². The van der Waals surface area contributed by atoms with Crippen molar-refractivity contribution in [2.75, 3.05) is 19.8 Å². The van der Waals surface area contributed by atoms with E-state index in [1.165, 1.54) is 0 Å². The maximum Gasteiger partial charge on any atom is 0.396 e. The Kier molecular flexibility index (Phi) is 5.09. The van der Waals surface area contributed by atoms with Gasteiger partial charge in [0, 0.05) is 11.6 Å². The second-order valence-electron chi connectivity index (χ2n) is 4.16. The lowest BCUT2D eigenvalue weighted by Gasteiger charge is -2.09.